The molecule has 4 aromatic rings. The molecule has 30 heavy (non-hydrogen) atoms. The van der Waals surface area contributed by atoms with Crippen LogP contribution in [-0.4, -0.2) is 18.4 Å². The Morgan fingerprint density at radius 1 is 0.900 bits per heavy atom. The van der Waals surface area contributed by atoms with Crippen molar-refractivity contribution in [1.29, 1.82) is 0 Å². The van der Waals surface area contributed by atoms with Gasteiger partial charge < -0.3 is 15.0 Å². The number of benzene rings is 3. The Hall–Kier alpha value is -2.94. The van der Waals surface area contributed by atoms with E-state index in [2.05, 4.69) is 20.0 Å². The second-order valence-electron chi connectivity index (χ2n) is 6.13. The van der Waals surface area contributed by atoms with Gasteiger partial charge >= 0.3 is 0 Å². The molecule has 10 heteroatoms. The highest BCUT2D eigenvalue weighted by Crippen LogP contribution is 2.37. The van der Waals surface area contributed by atoms with Gasteiger partial charge in [-0.1, -0.05) is 53.5 Å². The number of hydrogen-bond acceptors (Lipinski definition) is 5. The van der Waals surface area contributed by atoms with Crippen LogP contribution in [0.15, 0.2) is 71.6 Å². The normalized spacial score (nSPS) is 11.4. The number of aromatic nitrogens is 2. The summed E-state index contributed by atoms with van der Waals surface area (Å²) in [5, 5.41) is 2.91. The van der Waals surface area contributed by atoms with Crippen LogP contribution in [0.5, 0.6) is 0 Å². The lowest BCUT2D eigenvalue weighted by molar-refractivity contribution is 0.603. The van der Waals surface area contributed by atoms with Gasteiger partial charge in [-0.05, 0) is 47.7 Å². The van der Waals surface area contributed by atoms with Crippen molar-refractivity contribution >= 4 is 61.6 Å². The molecule has 0 aliphatic rings. The third-order valence-electron chi connectivity index (χ3n) is 4.06. The Kier molecular flexibility index (Phi) is 5.46. The van der Waals surface area contributed by atoms with Gasteiger partial charge in [0.25, 0.3) is 0 Å². The molecule has 4 rings (SSSR count). The largest absolute Gasteiger partial charge is 0.431 e. The lowest BCUT2D eigenvalue weighted by Gasteiger charge is -2.21. The molecule has 0 saturated heterocycles. The second kappa shape index (κ2) is 8.06. The van der Waals surface area contributed by atoms with Crippen molar-refractivity contribution in [3.05, 3.63) is 87.3 Å². The summed E-state index contributed by atoms with van der Waals surface area (Å²) in [4.78, 5) is 8.39. The Labute approximate surface area is 181 Å². The summed E-state index contributed by atoms with van der Waals surface area (Å²) in [5.74, 6) is -0.812. The van der Waals surface area contributed by atoms with Crippen molar-refractivity contribution < 1.29 is 12.8 Å². The summed E-state index contributed by atoms with van der Waals surface area (Å²) in [6.07, 6.45) is 0. The van der Waals surface area contributed by atoms with Crippen LogP contribution in [0.4, 0.5) is 21.7 Å². The molecule has 6 nitrogen and oxygen atoms in total. The molecule has 0 saturated carbocycles. The summed E-state index contributed by atoms with van der Waals surface area (Å²) in [5.41, 5.74) is 0.993. The molecule has 0 aliphatic heterocycles. The van der Waals surface area contributed by atoms with Crippen molar-refractivity contribution in [3.63, 3.8) is 0 Å². The van der Waals surface area contributed by atoms with Gasteiger partial charge in [-0.2, -0.15) is 0 Å². The first kappa shape index (κ1) is 20.3. The van der Waals surface area contributed by atoms with E-state index in [1.807, 2.05) is 0 Å². The van der Waals surface area contributed by atoms with Crippen molar-refractivity contribution in [3.8, 4) is 0 Å². The lowest BCUT2D eigenvalue weighted by Crippen LogP contribution is -2.04. The third-order valence-corrected chi connectivity index (χ3v) is 6.04. The van der Waals surface area contributed by atoms with E-state index in [-0.39, 0.29) is 32.3 Å². The fourth-order valence-electron chi connectivity index (χ4n) is 2.67. The van der Waals surface area contributed by atoms with Crippen molar-refractivity contribution in [1.82, 2.24) is 9.97 Å². The summed E-state index contributed by atoms with van der Waals surface area (Å²) in [6.45, 7) is 0. The van der Waals surface area contributed by atoms with Crippen LogP contribution >= 0.6 is 23.2 Å². The number of sulfonamides is 1. The van der Waals surface area contributed by atoms with E-state index in [0.29, 0.717) is 11.0 Å². The molecule has 0 fully saturated rings. The van der Waals surface area contributed by atoms with Crippen LogP contribution in [0.2, 0.25) is 10.0 Å². The van der Waals surface area contributed by atoms with Gasteiger partial charge in [-0.15, -0.1) is 0 Å². The third kappa shape index (κ3) is 4.16. The maximum absolute atomic E-state index is 14.1. The molecular formula is C20H12Cl2FN4O2S-. The molecule has 0 bridgehead atoms. The zero-order chi connectivity index (χ0) is 21.3. The van der Waals surface area contributed by atoms with E-state index in [0.717, 1.165) is 0 Å². The minimum atomic E-state index is -4.29. The number of para-hydroxylation sites is 3. The fourth-order valence-corrected chi connectivity index (χ4v) is 4.36. The maximum Gasteiger partial charge on any atom is 0.204 e. The van der Waals surface area contributed by atoms with E-state index in [4.69, 9.17) is 23.2 Å². The minimum absolute atomic E-state index is 0.0273. The van der Waals surface area contributed by atoms with Gasteiger partial charge in [0.2, 0.25) is 10.0 Å². The highest BCUT2D eigenvalue weighted by Gasteiger charge is 2.17. The molecule has 0 unspecified atom stereocenters. The van der Waals surface area contributed by atoms with Gasteiger partial charge in [-0.3, -0.25) is 0 Å². The monoisotopic (exact) mass is 461 g/mol. The van der Waals surface area contributed by atoms with Gasteiger partial charge in [0.1, 0.15) is 11.6 Å². The maximum atomic E-state index is 14.1. The van der Waals surface area contributed by atoms with E-state index in [1.54, 1.807) is 30.3 Å². The standard InChI is InChI=1S/C20H12Cl2FN4O2S/c21-12-9-10-13(22)18(11-12)30(28,29)27-20-19(24-15-6-2-1-5-14(15)23)25-16-7-3-4-8-17(16)26-20/h1-11H,(H-,24,25,26,27)/q-1. The first-order valence-electron chi connectivity index (χ1n) is 8.55. The number of hydrogen-bond donors (Lipinski definition) is 1. The highest BCUT2D eigenvalue weighted by atomic mass is 35.5. The van der Waals surface area contributed by atoms with Crippen LogP contribution in [0.1, 0.15) is 0 Å². The second-order valence-corrected chi connectivity index (χ2v) is 8.55. The molecule has 152 valence electrons. The Bertz CT molecular complexity index is 1370. The van der Waals surface area contributed by atoms with E-state index in [1.165, 1.54) is 36.4 Å². The van der Waals surface area contributed by atoms with Crippen LogP contribution in [0, 0.1) is 5.82 Å². The Morgan fingerprint density at radius 2 is 1.57 bits per heavy atom. The summed E-state index contributed by atoms with van der Waals surface area (Å²) in [7, 11) is -4.29. The Balaban J connectivity index is 1.82. The molecule has 0 amide bonds. The van der Waals surface area contributed by atoms with Crippen molar-refractivity contribution in [2.45, 2.75) is 4.90 Å². The van der Waals surface area contributed by atoms with E-state index in [9.17, 15) is 12.8 Å². The van der Waals surface area contributed by atoms with Crippen LogP contribution in [0.3, 0.4) is 0 Å². The molecule has 0 aliphatic carbocycles. The summed E-state index contributed by atoms with van der Waals surface area (Å²) >= 11 is 11.9. The van der Waals surface area contributed by atoms with Gasteiger partial charge in [0.05, 0.1) is 21.1 Å². The number of nitrogens with zero attached hydrogens (tertiary/aromatic N) is 3. The lowest BCUT2D eigenvalue weighted by atomic mass is 10.3. The van der Waals surface area contributed by atoms with E-state index >= 15 is 0 Å². The predicted octanol–water partition coefficient (Wildman–Crippen LogP) is 6.21. The van der Waals surface area contributed by atoms with Gasteiger partial charge in [-0.25, -0.2) is 17.8 Å². The predicted molar refractivity (Wildman–Crippen MR) is 116 cm³/mol. The molecular weight excluding hydrogens is 450 g/mol. The number of rotatable bonds is 5. The summed E-state index contributed by atoms with van der Waals surface area (Å²) < 4.78 is 43.7. The zero-order valence-electron chi connectivity index (χ0n) is 15.1. The number of nitrogens with one attached hydrogen (secondary N) is 1. The minimum Gasteiger partial charge on any atom is -0.431 e. The van der Waals surface area contributed by atoms with Crippen LogP contribution < -0.4 is 5.32 Å². The first-order valence-corrected chi connectivity index (χ1v) is 10.7. The van der Waals surface area contributed by atoms with Crippen LogP contribution in [0.25, 0.3) is 15.8 Å². The van der Waals surface area contributed by atoms with Gasteiger partial charge in [0.15, 0.2) is 0 Å². The Morgan fingerprint density at radius 3 is 2.30 bits per heavy atom. The molecule has 1 N–H and O–H groups in total. The number of anilines is 2. The summed E-state index contributed by atoms with van der Waals surface area (Å²) in [6, 6.07) is 16.8. The zero-order valence-corrected chi connectivity index (χ0v) is 17.4. The smallest absolute Gasteiger partial charge is 0.204 e. The van der Waals surface area contributed by atoms with Crippen molar-refractivity contribution in [2.75, 3.05) is 5.32 Å². The molecule has 0 spiro atoms. The number of fused-ring (bicyclic) bond motifs is 1. The molecule has 1 heterocycles. The average molecular weight is 462 g/mol. The molecule has 1 aromatic heterocycles. The number of halogens is 3. The first-order chi connectivity index (χ1) is 14.3. The van der Waals surface area contributed by atoms with Crippen LogP contribution in [-0.2, 0) is 10.0 Å². The quantitative estimate of drug-likeness (QED) is 0.381. The molecule has 3 aromatic carbocycles. The highest BCUT2D eigenvalue weighted by molar-refractivity contribution is 7.94. The SMILES string of the molecule is O=S(=O)([N-]c1nc2ccccc2nc1Nc1ccccc1F)c1cc(Cl)ccc1Cl. The van der Waals surface area contributed by atoms with E-state index < -0.39 is 15.8 Å². The van der Waals surface area contributed by atoms with Gasteiger partial charge in [0, 0.05) is 5.02 Å². The average Bonchev–Trinajstić information content (AvgIpc) is 2.71. The van der Waals surface area contributed by atoms with Crippen molar-refractivity contribution in [2.24, 2.45) is 0 Å². The fraction of sp³-hybridized carbons (Fsp3) is 0. The topological polar surface area (TPSA) is 86.1 Å². The molecule has 0 radical (unpaired) electrons. The molecule has 0 atom stereocenters.